The normalized spacial score (nSPS) is 11.9. The predicted octanol–water partition coefficient (Wildman–Crippen LogP) is 4.17. The van der Waals surface area contributed by atoms with Gasteiger partial charge >= 0.3 is 6.18 Å². The van der Waals surface area contributed by atoms with Gasteiger partial charge in [0.15, 0.2) is 5.82 Å². The number of hydrogen-bond acceptors (Lipinski definition) is 7. The molecule has 1 aromatic carbocycles. The topological polar surface area (TPSA) is 108 Å². The zero-order valence-corrected chi connectivity index (χ0v) is 16.6. The van der Waals surface area contributed by atoms with Crippen LogP contribution in [-0.2, 0) is 12.6 Å². The third kappa shape index (κ3) is 3.75. The van der Waals surface area contributed by atoms with E-state index in [1.807, 2.05) is 0 Å². The molecule has 0 amide bonds. The number of benzene rings is 1. The molecule has 0 unspecified atom stereocenters. The molecule has 0 aliphatic heterocycles. The van der Waals surface area contributed by atoms with Crippen molar-refractivity contribution >= 4 is 11.3 Å². The summed E-state index contributed by atoms with van der Waals surface area (Å²) in [5.41, 5.74) is 8.37. The van der Waals surface area contributed by atoms with Crippen LogP contribution in [0.5, 0.6) is 0 Å². The fourth-order valence-electron chi connectivity index (χ4n) is 3.46. The van der Waals surface area contributed by atoms with E-state index in [0.29, 0.717) is 39.4 Å². The monoisotopic (exact) mass is 455 g/mol. The number of nitrogens with zero attached hydrogens (tertiary/aromatic N) is 6. The Morgan fingerprint density at radius 2 is 1.76 bits per heavy atom. The van der Waals surface area contributed by atoms with Gasteiger partial charge in [0.1, 0.15) is 29.1 Å². The Kier molecular flexibility index (Phi) is 4.77. The Bertz CT molecular complexity index is 1460. The maximum atomic E-state index is 14.1. The number of halogens is 4. The Morgan fingerprint density at radius 3 is 2.48 bits per heavy atom. The molecule has 0 atom stereocenters. The maximum absolute atomic E-state index is 14.1. The van der Waals surface area contributed by atoms with Crippen LogP contribution in [0.2, 0.25) is 0 Å². The molecule has 0 spiro atoms. The van der Waals surface area contributed by atoms with Gasteiger partial charge in [-0.1, -0.05) is 17.3 Å². The van der Waals surface area contributed by atoms with E-state index in [9.17, 15) is 17.6 Å². The van der Waals surface area contributed by atoms with Crippen molar-refractivity contribution in [3.05, 3.63) is 78.2 Å². The minimum Gasteiger partial charge on any atom is -0.382 e. The quantitative estimate of drug-likeness (QED) is 0.405. The number of nitrogens with two attached hydrogens (primary N) is 1. The van der Waals surface area contributed by atoms with Crippen LogP contribution in [0.4, 0.5) is 23.4 Å². The highest BCUT2D eigenvalue weighted by molar-refractivity contribution is 5.87. The summed E-state index contributed by atoms with van der Waals surface area (Å²) >= 11 is 0. The minimum absolute atomic E-state index is 0.121. The molecule has 12 heteroatoms. The van der Waals surface area contributed by atoms with Gasteiger partial charge in [-0.25, -0.2) is 23.9 Å². The SMILES string of the molecule is Nc1ncnn2c(Cc3cc(-c4ccccc4F)no3)cc(-c3cnc(C(F)(F)F)nc3)c12. The zero-order chi connectivity index (χ0) is 23.2. The van der Waals surface area contributed by atoms with Gasteiger partial charge in [-0.2, -0.15) is 18.3 Å². The summed E-state index contributed by atoms with van der Waals surface area (Å²) < 4.78 is 59.4. The predicted molar refractivity (Wildman–Crippen MR) is 108 cm³/mol. The lowest BCUT2D eigenvalue weighted by molar-refractivity contribution is -0.144. The fourth-order valence-corrected chi connectivity index (χ4v) is 3.46. The van der Waals surface area contributed by atoms with Gasteiger partial charge in [-0.05, 0) is 18.2 Å². The van der Waals surface area contributed by atoms with Crippen LogP contribution in [0.3, 0.4) is 0 Å². The van der Waals surface area contributed by atoms with E-state index in [2.05, 4.69) is 25.2 Å². The summed E-state index contributed by atoms with van der Waals surface area (Å²) in [6, 6.07) is 9.44. The molecule has 5 aromatic rings. The van der Waals surface area contributed by atoms with E-state index in [-0.39, 0.29) is 12.2 Å². The lowest BCUT2D eigenvalue weighted by Gasteiger charge is -2.05. The number of anilines is 1. The average molecular weight is 455 g/mol. The van der Waals surface area contributed by atoms with Crippen molar-refractivity contribution in [2.75, 3.05) is 5.73 Å². The van der Waals surface area contributed by atoms with Crippen LogP contribution in [-0.4, -0.2) is 29.7 Å². The number of fused-ring (bicyclic) bond motifs is 1. The molecule has 4 heterocycles. The van der Waals surface area contributed by atoms with Gasteiger partial charge in [-0.15, -0.1) is 0 Å². The highest BCUT2D eigenvalue weighted by Gasteiger charge is 2.34. The summed E-state index contributed by atoms with van der Waals surface area (Å²) in [6.07, 6.45) is -1.08. The van der Waals surface area contributed by atoms with Crippen molar-refractivity contribution in [3.63, 3.8) is 0 Å². The Balaban J connectivity index is 1.54. The summed E-state index contributed by atoms with van der Waals surface area (Å²) in [4.78, 5) is 10.8. The lowest BCUT2D eigenvalue weighted by Crippen LogP contribution is -2.10. The number of nitrogen functional groups attached to an aromatic ring is 1. The molecular weight excluding hydrogens is 442 g/mol. The molecule has 33 heavy (non-hydrogen) atoms. The zero-order valence-electron chi connectivity index (χ0n) is 16.6. The second-order valence-corrected chi connectivity index (χ2v) is 7.08. The first-order valence-electron chi connectivity index (χ1n) is 9.52. The van der Waals surface area contributed by atoms with Crippen LogP contribution >= 0.6 is 0 Å². The van der Waals surface area contributed by atoms with Gasteiger partial charge in [0, 0.05) is 35.2 Å². The minimum atomic E-state index is -4.66. The highest BCUT2D eigenvalue weighted by Crippen LogP contribution is 2.32. The van der Waals surface area contributed by atoms with Crippen LogP contribution in [0.25, 0.3) is 27.9 Å². The van der Waals surface area contributed by atoms with Crippen LogP contribution < -0.4 is 5.73 Å². The van der Waals surface area contributed by atoms with E-state index in [1.54, 1.807) is 30.3 Å². The molecule has 2 N–H and O–H groups in total. The first-order chi connectivity index (χ1) is 15.8. The van der Waals surface area contributed by atoms with E-state index in [4.69, 9.17) is 10.3 Å². The van der Waals surface area contributed by atoms with Crippen molar-refractivity contribution in [2.45, 2.75) is 12.6 Å². The van der Waals surface area contributed by atoms with Crippen LogP contribution in [0.15, 0.2) is 59.6 Å². The number of hydrogen-bond donors (Lipinski definition) is 1. The number of alkyl halides is 3. The standard InChI is InChI=1S/C21H13F4N7O/c22-16-4-2-1-3-14(16)17-7-13(33-31-17)5-12-6-15(18-19(26)29-10-30-32(12)18)11-8-27-20(28-9-11)21(23,24)25/h1-4,6-10H,5H2,(H2,26,29,30). The van der Waals surface area contributed by atoms with Crippen LogP contribution in [0, 0.1) is 5.82 Å². The molecule has 0 saturated heterocycles. The number of rotatable bonds is 4. The van der Waals surface area contributed by atoms with Gasteiger partial charge in [-0.3, -0.25) is 0 Å². The average Bonchev–Trinajstić information content (AvgIpc) is 3.40. The molecule has 166 valence electrons. The maximum Gasteiger partial charge on any atom is 0.451 e. The van der Waals surface area contributed by atoms with Gasteiger partial charge < -0.3 is 10.3 Å². The summed E-state index contributed by atoms with van der Waals surface area (Å²) in [5, 5.41) is 8.13. The van der Waals surface area contributed by atoms with E-state index >= 15 is 0 Å². The first-order valence-corrected chi connectivity index (χ1v) is 9.52. The second-order valence-electron chi connectivity index (χ2n) is 7.08. The molecule has 0 bridgehead atoms. The molecule has 4 aromatic heterocycles. The van der Waals surface area contributed by atoms with E-state index in [1.165, 1.54) is 16.9 Å². The third-order valence-corrected chi connectivity index (χ3v) is 4.94. The molecule has 0 aliphatic rings. The second kappa shape index (κ2) is 7.65. The van der Waals surface area contributed by atoms with Crippen molar-refractivity contribution in [3.8, 4) is 22.4 Å². The fraction of sp³-hybridized carbons (Fsp3) is 0.0952. The van der Waals surface area contributed by atoms with E-state index in [0.717, 1.165) is 12.4 Å². The summed E-state index contributed by atoms with van der Waals surface area (Å²) in [6.45, 7) is 0. The largest absolute Gasteiger partial charge is 0.451 e. The molecular formula is C21H13F4N7O. The van der Waals surface area contributed by atoms with Gasteiger partial charge in [0.2, 0.25) is 5.82 Å². The number of aromatic nitrogens is 6. The smallest absolute Gasteiger partial charge is 0.382 e. The molecule has 5 rings (SSSR count). The first kappa shape index (κ1) is 20.5. The summed E-state index contributed by atoms with van der Waals surface area (Å²) in [7, 11) is 0. The molecule has 0 aliphatic carbocycles. The molecule has 0 radical (unpaired) electrons. The lowest BCUT2D eigenvalue weighted by atomic mass is 10.1. The van der Waals surface area contributed by atoms with Crippen molar-refractivity contribution < 1.29 is 22.1 Å². The summed E-state index contributed by atoms with van der Waals surface area (Å²) in [5.74, 6) is -1.15. The van der Waals surface area contributed by atoms with Gasteiger partial charge in [0.25, 0.3) is 0 Å². The van der Waals surface area contributed by atoms with Crippen LogP contribution in [0.1, 0.15) is 17.3 Å². The molecule has 0 fully saturated rings. The molecule has 8 nitrogen and oxygen atoms in total. The Labute approximate surface area is 182 Å². The van der Waals surface area contributed by atoms with E-state index < -0.39 is 17.8 Å². The van der Waals surface area contributed by atoms with Gasteiger partial charge in [0.05, 0.1) is 12.1 Å². The third-order valence-electron chi connectivity index (χ3n) is 4.94. The van der Waals surface area contributed by atoms with Crippen molar-refractivity contribution in [1.29, 1.82) is 0 Å². The Morgan fingerprint density at radius 1 is 1.00 bits per heavy atom. The molecule has 0 saturated carbocycles. The van der Waals surface area contributed by atoms with Crippen molar-refractivity contribution in [1.82, 2.24) is 29.7 Å². The van der Waals surface area contributed by atoms with Crippen molar-refractivity contribution in [2.24, 2.45) is 0 Å². The highest BCUT2D eigenvalue weighted by atomic mass is 19.4. The Hall–Kier alpha value is -4.35.